The molecular weight excluding hydrogens is 1040 g/mol. The fourth-order valence-corrected chi connectivity index (χ4v) is 8.25. The van der Waals surface area contributed by atoms with E-state index in [0.717, 1.165) is 42.5 Å². The van der Waals surface area contributed by atoms with Crippen LogP contribution in [0, 0.1) is 0 Å². The predicted molar refractivity (Wildman–Crippen MR) is 302 cm³/mol. The second-order valence-corrected chi connectivity index (χ2v) is 19.6. The maximum Gasteiger partial charge on any atom is 0.413 e. The fraction of sp³-hybridized carbons (Fsp3) is 0.547. The molecule has 0 aliphatic carbocycles. The number of primary amides is 1. The van der Waals surface area contributed by atoms with Gasteiger partial charge in [0.05, 0.1) is 11.6 Å². The maximum absolute atomic E-state index is 13.9. The van der Waals surface area contributed by atoms with E-state index in [4.69, 9.17) is 39.3 Å². The average molecular weight is 1120 g/mol. The molecule has 0 aliphatic heterocycles. The summed E-state index contributed by atoms with van der Waals surface area (Å²) < 4.78 is 5.37. The SMILES string of the molecule is CCN(CCCC(C)Nc1ccnc2cc(Cl)ccc12)CCOC(=O)NC(N)=NCCCC[C@H](NC(=O)[C@H](CCCCN)NC(=O)[C@@H](N)CCC(N)=O)C(=O)N[C@@H](C)C(=O)N[C@@H](C)C(=O)N[C@@H](Cc1ccc(O)cc1)C(=O)NC. The van der Waals surface area contributed by atoms with Crippen molar-refractivity contribution < 1.29 is 48.2 Å². The highest BCUT2D eigenvalue weighted by molar-refractivity contribution is 6.31. The Kier molecular flexibility index (Phi) is 29.4. The van der Waals surface area contributed by atoms with E-state index < -0.39 is 83.7 Å². The molecule has 436 valence electrons. The van der Waals surface area contributed by atoms with Crippen molar-refractivity contribution in [1.82, 2.24) is 47.1 Å². The molecule has 0 spiro atoms. The first kappa shape index (κ1) is 65.9. The van der Waals surface area contributed by atoms with Crippen LogP contribution in [-0.4, -0.2) is 157 Å². The number of carbonyl (C=O) groups excluding carboxylic acids is 8. The molecule has 7 atom stereocenters. The summed E-state index contributed by atoms with van der Waals surface area (Å²) in [5.74, 6) is -4.99. The van der Waals surface area contributed by atoms with Crippen LogP contribution in [0.4, 0.5) is 10.5 Å². The number of phenols is 1. The van der Waals surface area contributed by atoms with Crippen LogP contribution in [0.1, 0.15) is 97.5 Å². The van der Waals surface area contributed by atoms with Crippen molar-refractivity contribution in [3.8, 4) is 5.75 Å². The predicted octanol–water partition coefficient (Wildman–Crippen LogP) is 0.882. The van der Waals surface area contributed by atoms with Gasteiger partial charge >= 0.3 is 6.09 Å². The standard InChI is InChI=1S/C53H82ClN15O10/c1-6-69(27-11-12-32(2)62-40-23-26-60-43-31-36(54)17-20-38(40)43)28-29-79-53(78)68-52(58)61-25-10-8-14-41(66-51(77)42(13-7-9-24-55)65-48(74)39(56)21-22-45(57)71)50(76)64-33(3)46(72)63-34(4)47(73)67-44(49(75)59-5)30-35-15-18-37(70)19-16-35/h15-20,23,26,31-34,39,41-42,44,70H,6-14,21-22,24-25,27-30,55-56H2,1-5H3,(H2,57,71)(H,59,75)(H,60,62)(H,63,72)(H,64,76)(H,65,74)(H,66,77)(H,67,73)(H3,58,61,68,78)/t32?,33-,34-,39-,41-,42-,44-/m0/s1. The third-order valence-corrected chi connectivity index (χ3v) is 13.0. The number of ether oxygens (including phenoxy) is 1. The number of pyridine rings is 1. The van der Waals surface area contributed by atoms with Crippen LogP contribution in [0.2, 0.25) is 5.02 Å². The van der Waals surface area contributed by atoms with Crippen LogP contribution < -0.4 is 65.5 Å². The number of rotatable bonds is 35. The summed E-state index contributed by atoms with van der Waals surface area (Å²) in [6.07, 6.45) is 4.29. The number of nitrogens with zero attached hydrogens (tertiary/aromatic N) is 3. The van der Waals surface area contributed by atoms with E-state index in [2.05, 4.69) is 64.3 Å². The van der Waals surface area contributed by atoms with Gasteiger partial charge < -0.3 is 74.9 Å². The largest absolute Gasteiger partial charge is 0.508 e. The number of nitrogens with one attached hydrogen (secondary N) is 8. The molecule has 1 heterocycles. The second-order valence-electron chi connectivity index (χ2n) is 19.2. The smallest absolute Gasteiger partial charge is 0.413 e. The third kappa shape index (κ3) is 24.9. The van der Waals surface area contributed by atoms with Crippen molar-refractivity contribution in [3.63, 3.8) is 0 Å². The van der Waals surface area contributed by atoms with E-state index in [1.807, 2.05) is 31.2 Å². The number of anilines is 1. The maximum atomic E-state index is 13.9. The Morgan fingerprint density at radius 1 is 0.734 bits per heavy atom. The lowest BCUT2D eigenvalue weighted by Crippen LogP contribution is -2.58. The van der Waals surface area contributed by atoms with Crippen molar-refractivity contribution in [2.75, 3.05) is 51.7 Å². The Balaban J connectivity index is 1.58. The number of hydrogen-bond acceptors (Lipinski definition) is 16. The highest BCUT2D eigenvalue weighted by atomic mass is 35.5. The number of alkyl carbamates (subject to hydrolysis) is 1. The Hall–Kier alpha value is -7.35. The summed E-state index contributed by atoms with van der Waals surface area (Å²) in [5, 5.41) is 32.7. The lowest BCUT2D eigenvalue weighted by atomic mass is 10.0. The molecule has 17 N–H and O–H groups in total. The highest BCUT2D eigenvalue weighted by Gasteiger charge is 2.31. The monoisotopic (exact) mass is 1120 g/mol. The number of amides is 8. The second kappa shape index (κ2) is 35.2. The van der Waals surface area contributed by atoms with Gasteiger partial charge in [0.15, 0.2) is 5.96 Å². The molecule has 1 unspecified atom stereocenters. The number of aromatic hydroxyl groups is 1. The van der Waals surface area contributed by atoms with Gasteiger partial charge in [-0.15, -0.1) is 0 Å². The number of fused-ring (bicyclic) bond motifs is 1. The molecule has 1 aromatic heterocycles. The average Bonchev–Trinajstić information content (AvgIpc) is 3.40. The van der Waals surface area contributed by atoms with Gasteiger partial charge in [0, 0.05) is 61.3 Å². The Morgan fingerprint density at radius 3 is 2.00 bits per heavy atom. The topological polar surface area (TPSA) is 395 Å². The molecule has 3 aromatic rings. The van der Waals surface area contributed by atoms with E-state index in [9.17, 15) is 43.5 Å². The molecule has 0 saturated heterocycles. The van der Waals surface area contributed by atoms with E-state index >= 15 is 0 Å². The van der Waals surface area contributed by atoms with Crippen molar-refractivity contribution in [1.29, 1.82) is 0 Å². The summed E-state index contributed by atoms with van der Waals surface area (Å²) in [4.78, 5) is 115. The number of carbonyl (C=O) groups is 8. The van der Waals surface area contributed by atoms with E-state index in [1.165, 1.54) is 33.0 Å². The number of likely N-dealkylation sites (N-methyl/N-ethyl adjacent to an activating group) is 2. The third-order valence-electron chi connectivity index (χ3n) is 12.7. The normalized spacial score (nSPS) is 14.1. The minimum Gasteiger partial charge on any atom is -0.508 e. The number of nitrogens with two attached hydrogens (primary N) is 4. The van der Waals surface area contributed by atoms with Crippen molar-refractivity contribution in [2.45, 2.75) is 141 Å². The van der Waals surface area contributed by atoms with Crippen LogP contribution in [0.3, 0.4) is 0 Å². The molecule has 0 aliphatic rings. The summed E-state index contributed by atoms with van der Waals surface area (Å²) in [6.45, 7) is 9.48. The number of aromatic nitrogens is 1. The van der Waals surface area contributed by atoms with Gasteiger partial charge in [0.2, 0.25) is 41.4 Å². The zero-order valence-electron chi connectivity index (χ0n) is 45.9. The minimum absolute atomic E-state index is 0.0140. The van der Waals surface area contributed by atoms with E-state index in [-0.39, 0.29) is 69.4 Å². The summed E-state index contributed by atoms with van der Waals surface area (Å²) in [5.41, 5.74) is 25.3. The zero-order chi connectivity index (χ0) is 58.4. The highest BCUT2D eigenvalue weighted by Crippen LogP contribution is 2.25. The summed E-state index contributed by atoms with van der Waals surface area (Å²) in [7, 11) is 1.41. The molecule has 0 saturated carbocycles. The number of hydrogen-bond donors (Lipinski definition) is 13. The number of aliphatic imine (C=N–C) groups is 1. The minimum atomic E-state index is -1.26. The van der Waals surface area contributed by atoms with Gasteiger partial charge in [0.25, 0.3) is 0 Å². The first-order valence-electron chi connectivity index (χ1n) is 26.7. The van der Waals surface area contributed by atoms with Crippen LogP contribution >= 0.6 is 11.6 Å². The van der Waals surface area contributed by atoms with Crippen molar-refractivity contribution in [2.24, 2.45) is 27.9 Å². The zero-order valence-corrected chi connectivity index (χ0v) is 46.7. The number of halogens is 1. The molecule has 25 nitrogen and oxygen atoms in total. The van der Waals surface area contributed by atoms with Gasteiger partial charge in [-0.05, 0) is 140 Å². The van der Waals surface area contributed by atoms with Crippen LogP contribution in [-0.2, 0) is 44.7 Å². The molecule has 0 bridgehead atoms. The van der Waals surface area contributed by atoms with Gasteiger partial charge in [0.1, 0.15) is 42.6 Å². The van der Waals surface area contributed by atoms with Gasteiger partial charge in [-0.25, -0.2) is 4.79 Å². The Bertz CT molecular complexity index is 2500. The van der Waals surface area contributed by atoms with Crippen molar-refractivity contribution >= 4 is 81.6 Å². The lowest BCUT2D eigenvalue weighted by molar-refractivity contribution is -0.135. The van der Waals surface area contributed by atoms with E-state index in [1.54, 1.807) is 18.3 Å². The molecule has 2 aromatic carbocycles. The quantitative estimate of drug-likeness (QED) is 0.0221. The lowest BCUT2D eigenvalue weighted by Gasteiger charge is -2.26. The van der Waals surface area contributed by atoms with Crippen LogP contribution in [0.15, 0.2) is 59.7 Å². The summed E-state index contributed by atoms with van der Waals surface area (Å²) >= 11 is 6.15. The first-order chi connectivity index (χ1) is 37.6. The number of phenolic OH excluding ortho intramolecular Hbond substituents is 1. The number of benzene rings is 2. The van der Waals surface area contributed by atoms with Crippen molar-refractivity contribution in [3.05, 3.63) is 65.3 Å². The summed E-state index contributed by atoms with van der Waals surface area (Å²) in [6, 6.07) is 6.82. The van der Waals surface area contributed by atoms with Gasteiger partial charge in [-0.3, -0.25) is 48.9 Å². The molecule has 0 radical (unpaired) electrons. The van der Waals surface area contributed by atoms with Gasteiger partial charge in [-0.2, -0.15) is 0 Å². The van der Waals surface area contributed by atoms with Crippen LogP contribution in [0.25, 0.3) is 10.9 Å². The Labute approximate surface area is 466 Å². The van der Waals surface area contributed by atoms with Gasteiger partial charge in [-0.1, -0.05) is 30.7 Å². The first-order valence-corrected chi connectivity index (χ1v) is 27.0. The van der Waals surface area contributed by atoms with Crippen LogP contribution in [0.5, 0.6) is 5.75 Å². The molecule has 8 amide bonds. The molecule has 79 heavy (non-hydrogen) atoms. The molecular formula is C53H82ClN15O10. The molecule has 26 heteroatoms. The molecule has 3 rings (SSSR count). The number of unbranched alkanes of at least 4 members (excludes halogenated alkanes) is 2. The fourth-order valence-electron chi connectivity index (χ4n) is 8.08. The number of guanidine groups is 1. The Morgan fingerprint density at radius 2 is 1.35 bits per heavy atom. The van der Waals surface area contributed by atoms with E-state index in [0.29, 0.717) is 42.9 Å². The molecule has 0 fully saturated rings.